The van der Waals surface area contributed by atoms with Crippen molar-refractivity contribution in [3.63, 3.8) is 0 Å². The fourth-order valence-electron chi connectivity index (χ4n) is 5.23. The summed E-state index contributed by atoms with van der Waals surface area (Å²) >= 11 is 12.5. The first-order chi connectivity index (χ1) is 19.9. The maximum Gasteiger partial charge on any atom is 0.501 e. The van der Waals surface area contributed by atoms with Crippen molar-refractivity contribution >= 4 is 41.3 Å². The molecule has 1 aliphatic heterocycles. The molecule has 1 fully saturated rings. The van der Waals surface area contributed by atoms with Crippen LogP contribution in [0.2, 0.25) is 12.6 Å². The summed E-state index contributed by atoms with van der Waals surface area (Å²) in [4.78, 5) is 0. The standard InChI is InChI=1S/C33H52Cl2O5Si2/c1-23(18-36-41(8)40-27(5)17-25(3)30-9-13-32(14-10-30)28(6)34)19-37-42(38-20-24(2)21-39-42)22-26(4)31-11-15-33(16-12-31)29(7)35/h9-16,23-29,41H,17-22H2,1-8H3. The van der Waals surface area contributed by atoms with Crippen LogP contribution in [0.15, 0.2) is 48.5 Å². The minimum absolute atomic E-state index is 0.000129. The van der Waals surface area contributed by atoms with Gasteiger partial charge in [0.25, 0.3) is 0 Å². The minimum Gasteiger partial charge on any atom is -0.396 e. The third-order valence-corrected chi connectivity index (χ3v) is 12.9. The first-order valence-electron chi connectivity index (χ1n) is 15.5. The van der Waals surface area contributed by atoms with Gasteiger partial charge in [0.05, 0.1) is 10.8 Å². The summed E-state index contributed by atoms with van der Waals surface area (Å²) in [6.07, 6.45) is 1.08. The molecule has 0 aliphatic carbocycles. The molecule has 2 aromatic rings. The Morgan fingerprint density at radius 2 is 1.26 bits per heavy atom. The monoisotopic (exact) mass is 654 g/mol. The minimum atomic E-state index is -2.82. The molecule has 9 heteroatoms. The molecule has 3 rings (SSSR count). The zero-order valence-electron chi connectivity index (χ0n) is 26.8. The lowest BCUT2D eigenvalue weighted by molar-refractivity contribution is -0.0141. The summed E-state index contributed by atoms with van der Waals surface area (Å²) in [5.74, 6) is 1.23. The lowest BCUT2D eigenvalue weighted by Gasteiger charge is -2.38. The van der Waals surface area contributed by atoms with Crippen LogP contribution in [-0.2, 0) is 22.1 Å². The summed E-state index contributed by atoms with van der Waals surface area (Å²) < 4.78 is 31.8. The second-order valence-corrected chi connectivity index (χ2v) is 18.2. The third kappa shape index (κ3) is 11.3. The SMILES string of the molecule is CC(CO[SiH](C)OC(C)CC(C)c1ccc(C(C)Cl)cc1)CO[Si]1(CC(C)c2ccc(C(C)Cl)cc2)OCC(C)CO1. The Bertz CT molecular complexity index is 1050. The van der Waals surface area contributed by atoms with Gasteiger partial charge in [0.2, 0.25) is 0 Å². The van der Waals surface area contributed by atoms with E-state index >= 15 is 0 Å². The highest BCUT2D eigenvalue weighted by molar-refractivity contribution is 6.61. The fraction of sp³-hybridized carbons (Fsp3) is 0.636. The Labute approximate surface area is 267 Å². The van der Waals surface area contributed by atoms with Crippen LogP contribution in [0.4, 0.5) is 0 Å². The van der Waals surface area contributed by atoms with Crippen LogP contribution >= 0.6 is 23.2 Å². The third-order valence-electron chi connectivity index (χ3n) is 7.97. The topological polar surface area (TPSA) is 46.2 Å². The summed E-state index contributed by atoms with van der Waals surface area (Å²) in [7, 11) is -4.61. The van der Waals surface area contributed by atoms with Crippen LogP contribution in [0.3, 0.4) is 0 Å². The highest BCUT2D eigenvalue weighted by atomic mass is 35.5. The van der Waals surface area contributed by atoms with E-state index in [9.17, 15) is 0 Å². The highest BCUT2D eigenvalue weighted by Gasteiger charge is 2.46. The zero-order chi connectivity index (χ0) is 30.9. The molecular weight excluding hydrogens is 603 g/mol. The Morgan fingerprint density at radius 3 is 1.76 bits per heavy atom. The van der Waals surface area contributed by atoms with Crippen LogP contribution in [0.25, 0.3) is 0 Å². The van der Waals surface area contributed by atoms with Crippen LogP contribution in [0.1, 0.15) is 99.7 Å². The van der Waals surface area contributed by atoms with E-state index in [2.05, 4.69) is 89.7 Å². The van der Waals surface area contributed by atoms with Gasteiger partial charge in [-0.1, -0.05) is 76.2 Å². The van der Waals surface area contributed by atoms with Crippen molar-refractivity contribution in [2.24, 2.45) is 11.8 Å². The zero-order valence-corrected chi connectivity index (χ0v) is 30.4. The molecule has 2 aromatic carbocycles. The predicted octanol–water partition coefficient (Wildman–Crippen LogP) is 9.13. The van der Waals surface area contributed by atoms with E-state index in [1.54, 1.807) is 0 Å². The number of hydrogen-bond acceptors (Lipinski definition) is 5. The van der Waals surface area contributed by atoms with Gasteiger partial charge in [0.15, 0.2) is 0 Å². The van der Waals surface area contributed by atoms with E-state index < -0.39 is 18.1 Å². The van der Waals surface area contributed by atoms with Crippen molar-refractivity contribution in [1.29, 1.82) is 0 Å². The van der Waals surface area contributed by atoms with Gasteiger partial charge in [-0.25, -0.2) is 0 Å². The summed E-state index contributed by atoms with van der Waals surface area (Å²) in [5.41, 5.74) is 4.83. The van der Waals surface area contributed by atoms with Crippen molar-refractivity contribution in [1.82, 2.24) is 0 Å². The van der Waals surface area contributed by atoms with Gasteiger partial charge in [-0.15, -0.1) is 23.2 Å². The van der Waals surface area contributed by atoms with Crippen molar-refractivity contribution in [3.05, 3.63) is 70.8 Å². The number of rotatable bonds is 16. The van der Waals surface area contributed by atoms with Gasteiger partial charge in [-0.05, 0) is 67.8 Å². The molecule has 0 aromatic heterocycles. The predicted molar refractivity (Wildman–Crippen MR) is 179 cm³/mol. The van der Waals surface area contributed by atoms with E-state index in [4.69, 9.17) is 45.3 Å². The molecule has 7 unspecified atom stereocenters. The average molecular weight is 656 g/mol. The van der Waals surface area contributed by atoms with E-state index in [0.717, 1.165) is 23.6 Å². The van der Waals surface area contributed by atoms with E-state index in [-0.39, 0.29) is 28.7 Å². The van der Waals surface area contributed by atoms with Gasteiger partial charge < -0.3 is 22.1 Å². The molecule has 0 amide bonds. The molecule has 0 spiro atoms. The fourth-order valence-corrected chi connectivity index (χ4v) is 10.2. The number of halogens is 2. The molecule has 5 nitrogen and oxygen atoms in total. The Morgan fingerprint density at radius 1 is 0.786 bits per heavy atom. The Hall–Kier alpha value is -0.746. The van der Waals surface area contributed by atoms with Crippen molar-refractivity contribution < 1.29 is 22.1 Å². The molecule has 0 bridgehead atoms. The molecule has 42 heavy (non-hydrogen) atoms. The molecule has 0 N–H and O–H groups in total. The Kier molecular flexibility index (Phi) is 14.5. The van der Waals surface area contributed by atoms with Gasteiger partial charge in [-0.3, -0.25) is 0 Å². The van der Waals surface area contributed by atoms with Crippen LogP contribution in [-0.4, -0.2) is 50.6 Å². The van der Waals surface area contributed by atoms with Crippen LogP contribution in [0, 0.1) is 11.8 Å². The van der Waals surface area contributed by atoms with Crippen molar-refractivity contribution in [2.75, 3.05) is 26.4 Å². The molecule has 1 saturated heterocycles. The number of alkyl halides is 2. The lowest BCUT2D eigenvalue weighted by Crippen LogP contribution is -2.52. The largest absolute Gasteiger partial charge is 0.501 e. The quantitative estimate of drug-likeness (QED) is 0.133. The molecule has 0 saturated carbocycles. The van der Waals surface area contributed by atoms with Gasteiger partial charge in [0, 0.05) is 50.4 Å². The summed E-state index contributed by atoms with van der Waals surface area (Å²) in [5, 5.41) is 0.0278. The maximum atomic E-state index is 6.53. The van der Waals surface area contributed by atoms with Gasteiger partial charge in [0.1, 0.15) is 0 Å². The molecule has 236 valence electrons. The Balaban J connectivity index is 1.45. The van der Waals surface area contributed by atoms with E-state index in [0.29, 0.717) is 38.3 Å². The number of benzene rings is 2. The van der Waals surface area contributed by atoms with Crippen molar-refractivity contribution in [3.8, 4) is 0 Å². The van der Waals surface area contributed by atoms with Gasteiger partial charge >= 0.3 is 18.1 Å². The lowest BCUT2D eigenvalue weighted by atomic mass is 9.94. The number of hydrogen-bond donors (Lipinski definition) is 0. The first kappa shape index (κ1) is 35.7. The smallest absolute Gasteiger partial charge is 0.396 e. The van der Waals surface area contributed by atoms with E-state index in [1.807, 2.05) is 13.8 Å². The van der Waals surface area contributed by atoms with E-state index in [1.165, 1.54) is 11.1 Å². The van der Waals surface area contributed by atoms with Crippen LogP contribution in [0.5, 0.6) is 0 Å². The normalized spacial score (nSPS) is 24.4. The second kappa shape index (κ2) is 17.1. The molecule has 0 radical (unpaired) electrons. The van der Waals surface area contributed by atoms with Crippen LogP contribution < -0.4 is 0 Å². The molecular formula is C33H52Cl2O5Si2. The van der Waals surface area contributed by atoms with Gasteiger partial charge in [-0.2, -0.15) is 0 Å². The summed E-state index contributed by atoms with van der Waals surface area (Å²) in [6.45, 7) is 19.5. The van der Waals surface area contributed by atoms with Crippen molar-refractivity contribution in [2.45, 2.75) is 96.2 Å². The highest BCUT2D eigenvalue weighted by Crippen LogP contribution is 2.33. The molecule has 7 atom stereocenters. The molecule has 1 aliphatic rings. The average Bonchev–Trinajstić information content (AvgIpc) is 2.96. The second-order valence-electron chi connectivity index (χ2n) is 12.5. The first-order valence-corrected chi connectivity index (χ1v) is 20.4. The summed E-state index contributed by atoms with van der Waals surface area (Å²) in [6, 6.07) is 17.9. The molecule has 1 heterocycles. The maximum absolute atomic E-state index is 6.53.